The highest BCUT2D eigenvalue weighted by Crippen LogP contribution is 2.25. The molecule has 0 unspecified atom stereocenters. The van der Waals surface area contributed by atoms with Crippen LogP contribution in [0.5, 0.6) is 5.75 Å². The van der Waals surface area contributed by atoms with Crippen LogP contribution >= 0.6 is 27.5 Å². The summed E-state index contributed by atoms with van der Waals surface area (Å²) in [5.74, 6) is -1.79. The zero-order valence-electron chi connectivity index (χ0n) is 9.80. The summed E-state index contributed by atoms with van der Waals surface area (Å²) in [4.78, 5) is 0. The average Bonchev–Trinajstić information content (AvgIpc) is 2.37. The van der Waals surface area contributed by atoms with Crippen molar-refractivity contribution in [2.45, 2.75) is 11.9 Å². The highest BCUT2D eigenvalue weighted by atomic mass is 79.9. The van der Waals surface area contributed by atoms with Gasteiger partial charge in [0.1, 0.15) is 6.61 Å². The van der Waals surface area contributed by atoms with Gasteiger partial charge in [-0.3, -0.25) is 0 Å². The van der Waals surface area contributed by atoms with E-state index < -0.39 is 11.6 Å². The quantitative estimate of drug-likeness (QED) is 0.700. The van der Waals surface area contributed by atoms with Crippen molar-refractivity contribution in [3.63, 3.8) is 0 Å². The molecule has 0 amide bonds. The van der Waals surface area contributed by atoms with Crippen molar-refractivity contribution in [3.05, 3.63) is 64.2 Å². The maximum atomic E-state index is 13.7. The Bertz CT molecular complexity index is 566. The summed E-state index contributed by atoms with van der Waals surface area (Å²) in [6.07, 6.45) is 0. The van der Waals surface area contributed by atoms with Gasteiger partial charge in [-0.15, -0.1) is 0 Å². The van der Waals surface area contributed by atoms with Crippen molar-refractivity contribution in [1.29, 1.82) is 0 Å². The van der Waals surface area contributed by atoms with Crippen LogP contribution in [0, 0.1) is 11.6 Å². The van der Waals surface area contributed by atoms with E-state index in [2.05, 4.69) is 15.9 Å². The Balaban J connectivity index is 2.16. The molecule has 5 heteroatoms. The van der Waals surface area contributed by atoms with Gasteiger partial charge in [0.2, 0.25) is 0 Å². The molecule has 100 valence electrons. The van der Waals surface area contributed by atoms with Gasteiger partial charge < -0.3 is 4.74 Å². The summed E-state index contributed by atoms with van der Waals surface area (Å²) in [6, 6.07) is 9.41. The van der Waals surface area contributed by atoms with Crippen molar-refractivity contribution in [3.8, 4) is 5.75 Å². The summed E-state index contributed by atoms with van der Waals surface area (Å²) in [5.41, 5.74) is 1.26. The molecule has 2 aromatic carbocycles. The van der Waals surface area contributed by atoms with Crippen LogP contribution in [0.2, 0.25) is 5.02 Å². The summed E-state index contributed by atoms with van der Waals surface area (Å²) in [7, 11) is 0. The minimum Gasteiger partial charge on any atom is -0.483 e. The van der Waals surface area contributed by atoms with Gasteiger partial charge in [0.25, 0.3) is 0 Å². The molecule has 0 saturated carbocycles. The van der Waals surface area contributed by atoms with Crippen molar-refractivity contribution < 1.29 is 13.5 Å². The molecule has 19 heavy (non-hydrogen) atoms. The van der Waals surface area contributed by atoms with Crippen molar-refractivity contribution in [2.24, 2.45) is 0 Å². The highest BCUT2D eigenvalue weighted by molar-refractivity contribution is 9.08. The van der Waals surface area contributed by atoms with E-state index in [0.29, 0.717) is 15.9 Å². The average molecular weight is 348 g/mol. The monoisotopic (exact) mass is 346 g/mol. The van der Waals surface area contributed by atoms with Gasteiger partial charge in [-0.05, 0) is 35.4 Å². The summed E-state index contributed by atoms with van der Waals surface area (Å²) in [5, 5.41) is 0.937. The molecule has 0 radical (unpaired) electrons. The molecule has 1 nitrogen and oxygen atoms in total. The molecule has 0 N–H and O–H groups in total. The predicted octanol–water partition coefficient (Wildman–Crippen LogP) is 5.09. The molecule has 0 fully saturated rings. The maximum absolute atomic E-state index is 13.7. The Morgan fingerprint density at radius 3 is 2.32 bits per heavy atom. The molecule has 0 spiro atoms. The lowest BCUT2D eigenvalue weighted by Crippen LogP contribution is -2.00. The van der Waals surface area contributed by atoms with E-state index >= 15 is 0 Å². The zero-order valence-corrected chi connectivity index (χ0v) is 12.1. The van der Waals surface area contributed by atoms with Crippen LogP contribution in [-0.4, -0.2) is 0 Å². The minimum absolute atomic E-state index is 0.0576. The Kier molecular flexibility index (Phi) is 4.77. The van der Waals surface area contributed by atoms with E-state index in [0.717, 1.165) is 5.56 Å². The van der Waals surface area contributed by atoms with Gasteiger partial charge >= 0.3 is 0 Å². The third-order valence-electron chi connectivity index (χ3n) is 2.48. The fourth-order valence-electron chi connectivity index (χ4n) is 1.61. The smallest absolute Gasteiger partial charge is 0.191 e. The van der Waals surface area contributed by atoms with Gasteiger partial charge in [-0.2, -0.15) is 0 Å². The molecule has 2 rings (SSSR count). The molecular formula is C14H10BrClF2O. The van der Waals surface area contributed by atoms with Crippen molar-refractivity contribution in [1.82, 2.24) is 0 Å². The Morgan fingerprint density at radius 1 is 1.05 bits per heavy atom. The number of hydrogen-bond donors (Lipinski definition) is 0. The molecule has 0 saturated heterocycles. The second kappa shape index (κ2) is 6.35. The van der Waals surface area contributed by atoms with Gasteiger partial charge in [-0.25, -0.2) is 8.78 Å². The first-order chi connectivity index (χ1) is 9.10. The molecule has 0 bridgehead atoms. The number of alkyl halides is 1. The van der Waals surface area contributed by atoms with Crippen LogP contribution < -0.4 is 4.74 Å². The zero-order chi connectivity index (χ0) is 13.8. The number of benzene rings is 2. The van der Waals surface area contributed by atoms with Crippen LogP contribution in [0.15, 0.2) is 36.4 Å². The van der Waals surface area contributed by atoms with E-state index in [1.54, 1.807) is 24.3 Å². The van der Waals surface area contributed by atoms with E-state index in [1.165, 1.54) is 12.1 Å². The molecule has 2 aromatic rings. The van der Waals surface area contributed by atoms with E-state index in [1.807, 2.05) is 0 Å². The van der Waals surface area contributed by atoms with Crippen LogP contribution in [0.1, 0.15) is 11.1 Å². The predicted molar refractivity (Wildman–Crippen MR) is 74.8 cm³/mol. The summed E-state index contributed by atoms with van der Waals surface area (Å²) >= 11 is 8.97. The fourth-order valence-corrected chi connectivity index (χ4v) is 2.15. The normalized spacial score (nSPS) is 10.5. The number of halogens is 4. The number of ether oxygens (including phenoxy) is 1. The van der Waals surface area contributed by atoms with Gasteiger partial charge in [-0.1, -0.05) is 39.7 Å². The van der Waals surface area contributed by atoms with Gasteiger partial charge in [0, 0.05) is 10.4 Å². The SMILES string of the molecule is Fc1cc(CBr)cc(F)c1OCc1cccc(Cl)c1. The second-order valence-electron chi connectivity index (χ2n) is 3.94. The third-order valence-corrected chi connectivity index (χ3v) is 3.37. The topological polar surface area (TPSA) is 9.23 Å². The highest BCUT2D eigenvalue weighted by Gasteiger charge is 2.12. The number of hydrogen-bond acceptors (Lipinski definition) is 1. The molecule has 0 aromatic heterocycles. The van der Waals surface area contributed by atoms with Crippen LogP contribution in [0.4, 0.5) is 8.78 Å². The van der Waals surface area contributed by atoms with Crippen molar-refractivity contribution in [2.75, 3.05) is 0 Å². The van der Waals surface area contributed by atoms with Gasteiger partial charge in [0.15, 0.2) is 17.4 Å². The molecule has 0 aliphatic carbocycles. The Labute approximate surface area is 123 Å². The van der Waals surface area contributed by atoms with E-state index in [-0.39, 0.29) is 12.4 Å². The number of rotatable bonds is 4. The van der Waals surface area contributed by atoms with Crippen LogP contribution in [-0.2, 0) is 11.9 Å². The lowest BCUT2D eigenvalue weighted by atomic mass is 10.2. The van der Waals surface area contributed by atoms with E-state index in [4.69, 9.17) is 16.3 Å². The molecule has 0 atom stereocenters. The fraction of sp³-hybridized carbons (Fsp3) is 0.143. The van der Waals surface area contributed by atoms with Crippen LogP contribution in [0.3, 0.4) is 0 Å². The summed E-state index contributed by atoms with van der Waals surface area (Å²) in [6.45, 7) is 0.0576. The van der Waals surface area contributed by atoms with Gasteiger partial charge in [0.05, 0.1) is 0 Å². The van der Waals surface area contributed by atoms with Crippen molar-refractivity contribution >= 4 is 27.5 Å². The van der Waals surface area contributed by atoms with E-state index in [9.17, 15) is 8.78 Å². The Hall–Kier alpha value is -1.13. The molecule has 0 aliphatic heterocycles. The molecule has 0 heterocycles. The lowest BCUT2D eigenvalue weighted by Gasteiger charge is -2.09. The molecular weight excluding hydrogens is 338 g/mol. The minimum atomic E-state index is -0.712. The second-order valence-corrected chi connectivity index (χ2v) is 4.94. The molecule has 0 aliphatic rings. The summed E-state index contributed by atoms with van der Waals surface area (Å²) < 4.78 is 32.5. The first-order valence-electron chi connectivity index (χ1n) is 5.51. The largest absolute Gasteiger partial charge is 0.483 e. The first-order valence-corrected chi connectivity index (χ1v) is 7.01. The maximum Gasteiger partial charge on any atom is 0.191 e. The van der Waals surface area contributed by atoms with Crippen LogP contribution in [0.25, 0.3) is 0 Å². The third kappa shape index (κ3) is 3.67. The Morgan fingerprint density at radius 2 is 1.74 bits per heavy atom. The standard InChI is InChI=1S/C14H10BrClF2O/c15-7-10-5-12(17)14(13(18)6-10)19-8-9-2-1-3-11(16)4-9/h1-6H,7-8H2. The lowest BCUT2D eigenvalue weighted by molar-refractivity contribution is 0.274. The first kappa shape index (κ1) is 14.3.